The highest BCUT2D eigenvalue weighted by molar-refractivity contribution is 5.63. The molecule has 20 heavy (non-hydrogen) atoms. The Kier molecular flexibility index (Phi) is 4.39. The summed E-state index contributed by atoms with van der Waals surface area (Å²) in [5.74, 6) is 0. The molecule has 0 amide bonds. The molecule has 0 saturated heterocycles. The SMILES string of the molecule is NCCCc1ccc(-c2cccc(C(F)(F)F)c2)cn1. The minimum absolute atomic E-state index is 0.512. The summed E-state index contributed by atoms with van der Waals surface area (Å²) in [6.07, 6.45) is -1.11. The molecule has 1 aromatic heterocycles. The van der Waals surface area contributed by atoms with Gasteiger partial charge in [-0.1, -0.05) is 18.2 Å². The summed E-state index contributed by atoms with van der Waals surface area (Å²) in [7, 11) is 0. The third-order valence-electron chi connectivity index (χ3n) is 2.99. The van der Waals surface area contributed by atoms with E-state index in [1.54, 1.807) is 18.3 Å². The van der Waals surface area contributed by atoms with Crippen LogP contribution in [0.3, 0.4) is 0 Å². The number of hydrogen-bond donors (Lipinski definition) is 1. The van der Waals surface area contributed by atoms with Crippen LogP contribution in [0.1, 0.15) is 17.7 Å². The molecular weight excluding hydrogens is 265 g/mol. The Labute approximate surface area is 115 Å². The van der Waals surface area contributed by atoms with Crippen LogP contribution in [-0.4, -0.2) is 11.5 Å². The molecule has 2 nitrogen and oxygen atoms in total. The fourth-order valence-electron chi connectivity index (χ4n) is 1.90. The molecule has 1 aromatic carbocycles. The van der Waals surface area contributed by atoms with Crippen molar-refractivity contribution in [2.24, 2.45) is 5.73 Å². The first-order valence-corrected chi connectivity index (χ1v) is 6.33. The van der Waals surface area contributed by atoms with Crippen LogP contribution in [0.5, 0.6) is 0 Å². The lowest BCUT2D eigenvalue weighted by Gasteiger charge is -2.09. The van der Waals surface area contributed by atoms with E-state index in [4.69, 9.17) is 5.73 Å². The smallest absolute Gasteiger partial charge is 0.330 e. The third-order valence-corrected chi connectivity index (χ3v) is 2.99. The highest BCUT2D eigenvalue weighted by Gasteiger charge is 2.30. The second-order valence-corrected chi connectivity index (χ2v) is 4.51. The van der Waals surface area contributed by atoms with Crippen molar-refractivity contribution in [3.8, 4) is 11.1 Å². The summed E-state index contributed by atoms with van der Waals surface area (Å²) >= 11 is 0. The molecule has 0 aliphatic carbocycles. The predicted octanol–water partition coefficient (Wildman–Crippen LogP) is 3.66. The number of benzene rings is 1. The van der Waals surface area contributed by atoms with Crippen LogP contribution in [-0.2, 0) is 12.6 Å². The average molecular weight is 280 g/mol. The van der Waals surface area contributed by atoms with Crippen LogP contribution >= 0.6 is 0 Å². The Morgan fingerprint density at radius 2 is 1.85 bits per heavy atom. The normalized spacial score (nSPS) is 11.6. The van der Waals surface area contributed by atoms with E-state index < -0.39 is 11.7 Å². The Bertz CT molecular complexity index is 562. The summed E-state index contributed by atoms with van der Waals surface area (Å²) in [5.41, 5.74) is 6.85. The van der Waals surface area contributed by atoms with Crippen LogP contribution in [0.25, 0.3) is 11.1 Å². The zero-order valence-corrected chi connectivity index (χ0v) is 10.8. The van der Waals surface area contributed by atoms with Gasteiger partial charge in [0.1, 0.15) is 0 Å². The zero-order chi connectivity index (χ0) is 14.6. The van der Waals surface area contributed by atoms with Gasteiger partial charge in [-0.2, -0.15) is 13.2 Å². The highest BCUT2D eigenvalue weighted by atomic mass is 19.4. The summed E-state index contributed by atoms with van der Waals surface area (Å²) in [6.45, 7) is 0.594. The molecule has 0 radical (unpaired) electrons. The lowest BCUT2D eigenvalue weighted by atomic mass is 10.0. The number of nitrogens with zero attached hydrogens (tertiary/aromatic N) is 1. The Morgan fingerprint density at radius 3 is 2.45 bits per heavy atom. The maximum atomic E-state index is 12.7. The topological polar surface area (TPSA) is 38.9 Å². The first-order chi connectivity index (χ1) is 9.50. The molecule has 2 aromatic rings. The predicted molar refractivity (Wildman–Crippen MR) is 72.1 cm³/mol. The van der Waals surface area contributed by atoms with Gasteiger partial charge in [-0.25, -0.2) is 0 Å². The Balaban J connectivity index is 2.23. The van der Waals surface area contributed by atoms with Gasteiger partial charge in [0.05, 0.1) is 5.56 Å². The van der Waals surface area contributed by atoms with Gasteiger partial charge in [0, 0.05) is 17.5 Å². The lowest BCUT2D eigenvalue weighted by molar-refractivity contribution is -0.137. The van der Waals surface area contributed by atoms with Gasteiger partial charge in [0.15, 0.2) is 0 Å². The minimum Gasteiger partial charge on any atom is -0.330 e. The van der Waals surface area contributed by atoms with Gasteiger partial charge in [-0.3, -0.25) is 4.98 Å². The second-order valence-electron chi connectivity index (χ2n) is 4.51. The quantitative estimate of drug-likeness (QED) is 0.928. The van der Waals surface area contributed by atoms with Gasteiger partial charge in [0.2, 0.25) is 0 Å². The van der Waals surface area contributed by atoms with E-state index in [0.29, 0.717) is 17.7 Å². The fraction of sp³-hybridized carbons (Fsp3) is 0.267. The second kappa shape index (κ2) is 6.05. The van der Waals surface area contributed by atoms with Crippen molar-refractivity contribution in [1.29, 1.82) is 0 Å². The molecule has 0 atom stereocenters. The first-order valence-electron chi connectivity index (χ1n) is 6.33. The van der Waals surface area contributed by atoms with Gasteiger partial charge in [0.25, 0.3) is 0 Å². The number of hydrogen-bond acceptors (Lipinski definition) is 2. The molecule has 0 bridgehead atoms. The van der Waals surface area contributed by atoms with E-state index >= 15 is 0 Å². The van der Waals surface area contributed by atoms with Gasteiger partial charge >= 0.3 is 6.18 Å². The van der Waals surface area contributed by atoms with E-state index in [1.165, 1.54) is 6.07 Å². The number of alkyl halides is 3. The average Bonchev–Trinajstić information content (AvgIpc) is 2.45. The van der Waals surface area contributed by atoms with Crippen LogP contribution < -0.4 is 5.73 Å². The lowest BCUT2D eigenvalue weighted by Crippen LogP contribution is -2.04. The van der Waals surface area contributed by atoms with Crippen LogP contribution in [0, 0.1) is 0 Å². The number of pyridine rings is 1. The van der Waals surface area contributed by atoms with Crippen LogP contribution in [0.15, 0.2) is 42.6 Å². The van der Waals surface area contributed by atoms with E-state index in [9.17, 15) is 13.2 Å². The molecule has 0 fully saturated rings. The maximum absolute atomic E-state index is 12.7. The number of aromatic nitrogens is 1. The molecule has 2 N–H and O–H groups in total. The third kappa shape index (κ3) is 3.57. The van der Waals surface area contributed by atoms with Crippen molar-refractivity contribution in [3.63, 3.8) is 0 Å². The first kappa shape index (κ1) is 14.5. The largest absolute Gasteiger partial charge is 0.416 e. The Morgan fingerprint density at radius 1 is 1.05 bits per heavy atom. The van der Waals surface area contributed by atoms with E-state index in [2.05, 4.69) is 4.98 Å². The van der Waals surface area contributed by atoms with Crippen molar-refractivity contribution in [3.05, 3.63) is 53.9 Å². The van der Waals surface area contributed by atoms with E-state index in [1.807, 2.05) is 6.07 Å². The van der Waals surface area contributed by atoms with Crippen molar-refractivity contribution >= 4 is 0 Å². The number of halogens is 3. The van der Waals surface area contributed by atoms with Gasteiger partial charge in [-0.05, 0) is 43.1 Å². The monoisotopic (exact) mass is 280 g/mol. The Hall–Kier alpha value is -1.88. The van der Waals surface area contributed by atoms with Crippen LogP contribution in [0.2, 0.25) is 0 Å². The summed E-state index contributed by atoms with van der Waals surface area (Å²) in [5, 5.41) is 0. The summed E-state index contributed by atoms with van der Waals surface area (Å²) in [6, 6.07) is 8.86. The van der Waals surface area contributed by atoms with Crippen molar-refractivity contribution in [2.75, 3.05) is 6.54 Å². The van der Waals surface area contributed by atoms with Crippen molar-refractivity contribution < 1.29 is 13.2 Å². The number of nitrogens with two attached hydrogens (primary N) is 1. The molecule has 106 valence electrons. The van der Waals surface area contributed by atoms with Gasteiger partial charge in [-0.15, -0.1) is 0 Å². The van der Waals surface area contributed by atoms with Crippen LogP contribution in [0.4, 0.5) is 13.2 Å². The van der Waals surface area contributed by atoms with E-state index in [0.717, 1.165) is 30.7 Å². The standard InChI is InChI=1S/C15H15F3N2/c16-15(17,18)13-4-1-3-11(9-13)12-6-7-14(20-10-12)5-2-8-19/h1,3-4,6-7,9-10H,2,5,8,19H2. The number of aryl methyl sites for hydroxylation is 1. The maximum Gasteiger partial charge on any atom is 0.416 e. The van der Waals surface area contributed by atoms with Gasteiger partial charge < -0.3 is 5.73 Å². The molecular formula is C15H15F3N2. The van der Waals surface area contributed by atoms with E-state index in [-0.39, 0.29) is 0 Å². The molecule has 0 saturated carbocycles. The summed E-state index contributed by atoms with van der Waals surface area (Å²) < 4.78 is 38.0. The van der Waals surface area contributed by atoms with Crippen molar-refractivity contribution in [1.82, 2.24) is 4.98 Å². The highest BCUT2D eigenvalue weighted by Crippen LogP contribution is 2.31. The molecule has 0 aliphatic rings. The van der Waals surface area contributed by atoms with Crippen molar-refractivity contribution in [2.45, 2.75) is 19.0 Å². The molecule has 5 heteroatoms. The zero-order valence-electron chi connectivity index (χ0n) is 10.8. The number of rotatable bonds is 4. The minimum atomic E-state index is -4.33. The molecule has 1 heterocycles. The molecule has 0 spiro atoms. The molecule has 0 unspecified atom stereocenters. The molecule has 0 aliphatic heterocycles. The fourth-order valence-corrected chi connectivity index (χ4v) is 1.90. The summed E-state index contributed by atoms with van der Waals surface area (Å²) in [4.78, 5) is 4.25. The molecule has 2 rings (SSSR count).